The van der Waals surface area contributed by atoms with Crippen LogP contribution in [0.3, 0.4) is 0 Å². The highest BCUT2D eigenvalue weighted by Crippen LogP contribution is 2.20. The van der Waals surface area contributed by atoms with Crippen LogP contribution in [0.2, 0.25) is 0 Å². The number of aliphatic hydroxyl groups is 1. The van der Waals surface area contributed by atoms with E-state index in [-0.39, 0.29) is 24.8 Å². The summed E-state index contributed by atoms with van der Waals surface area (Å²) in [5, 5.41) is 8.73. The standard InChI is InChI=1S/C9H12FNO2.ClH/c1-13-9-3-2-6(4-7(9)10)8(11)5-12;/h2-4,8,12H,5,11H2,1H3;1H/t8-;/m0./s1. The molecular formula is C9H13ClFNO2. The molecular weight excluding hydrogens is 209 g/mol. The number of hydrogen-bond acceptors (Lipinski definition) is 3. The predicted molar refractivity (Wildman–Crippen MR) is 54.2 cm³/mol. The molecule has 0 fully saturated rings. The van der Waals surface area contributed by atoms with Gasteiger partial charge < -0.3 is 15.6 Å². The number of ether oxygens (including phenoxy) is 1. The van der Waals surface area contributed by atoms with Gasteiger partial charge in [0, 0.05) is 0 Å². The van der Waals surface area contributed by atoms with Gasteiger partial charge in [-0.3, -0.25) is 0 Å². The summed E-state index contributed by atoms with van der Waals surface area (Å²) in [6, 6.07) is 3.84. The second kappa shape index (κ2) is 5.80. The van der Waals surface area contributed by atoms with E-state index in [0.717, 1.165) is 0 Å². The van der Waals surface area contributed by atoms with E-state index < -0.39 is 11.9 Å². The molecule has 0 unspecified atom stereocenters. The summed E-state index contributed by atoms with van der Waals surface area (Å²) in [4.78, 5) is 0. The van der Waals surface area contributed by atoms with Crippen molar-refractivity contribution in [3.05, 3.63) is 29.6 Å². The minimum atomic E-state index is -0.541. The summed E-state index contributed by atoms with van der Waals surface area (Å²) in [7, 11) is 1.39. The van der Waals surface area contributed by atoms with Crippen LogP contribution in [0.4, 0.5) is 4.39 Å². The van der Waals surface area contributed by atoms with Crippen molar-refractivity contribution in [1.82, 2.24) is 0 Å². The quantitative estimate of drug-likeness (QED) is 0.808. The second-order valence-corrected chi connectivity index (χ2v) is 2.68. The molecule has 0 aliphatic heterocycles. The highest BCUT2D eigenvalue weighted by molar-refractivity contribution is 5.85. The molecule has 1 aromatic carbocycles. The van der Waals surface area contributed by atoms with Crippen LogP contribution in [0, 0.1) is 5.82 Å². The van der Waals surface area contributed by atoms with E-state index in [4.69, 9.17) is 15.6 Å². The highest BCUT2D eigenvalue weighted by atomic mass is 35.5. The SMILES string of the molecule is COc1ccc([C@@H](N)CO)cc1F.Cl. The van der Waals surface area contributed by atoms with E-state index >= 15 is 0 Å². The van der Waals surface area contributed by atoms with E-state index in [1.54, 1.807) is 6.07 Å². The van der Waals surface area contributed by atoms with E-state index in [1.807, 2.05) is 0 Å². The molecule has 0 saturated heterocycles. The maximum atomic E-state index is 13.1. The summed E-state index contributed by atoms with van der Waals surface area (Å²) in [5.41, 5.74) is 6.05. The zero-order chi connectivity index (χ0) is 9.84. The van der Waals surface area contributed by atoms with E-state index in [0.29, 0.717) is 5.56 Å². The number of aliphatic hydroxyl groups excluding tert-OH is 1. The average Bonchev–Trinajstić information content (AvgIpc) is 2.16. The van der Waals surface area contributed by atoms with Crippen LogP contribution in [0.1, 0.15) is 11.6 Å². The minimum Gasteiger partial charge on any atom is -0.494 e. The molecule has 1 atom stereocenters. The van der Waals surface area contributed by atoms with Gasteiger partial charge in [-0.05, 0) is 17.7 Å². The van der Waals surface area contributed by atoms with Crippen molar-refractivity contribution in [1.29, 1.82) is 0 Å². The van der Waals surface area contributed by atoms with Gasteiger partial charge in [-0.1, -0.05) is 6.07 Å². The van der Waals surface area contributed by atoms with Crippen molar-refractivity contribution >= 4 is 12.4 Å². The first-order valence-corrected chi connectivity index (χ1v) is 3.89. The third-order valence-electron chi connectivity index (χ3n) is 1.80. The number of benzene rings is 1. The van der Waals surface area contributed by atoms with E-state index in [1.165, 1.54) is 19.2 Å². The first-order valence-electron chi connectivity index (χ1n) is 3.89. The van der Waals surface area contributed by atoms with Gasteiger partial charge in [-0.15, -0.1) is 12.4 Å². The van der Waals surface area contributed by atoms with Crippen LogP contribution in [-0.4, -0.2) is 18.8 Å². The summed E-state index contributed by atoms with van der Waals surface area (Å²) in [6.07, 6.45) is 0. The number of rotatable bonds is 3. The Morgan fingerprint density at radius 1 is 1.57 bits per heavy atom. The molecule has 1 rings (SSSR count). The van der Waals surface area contributed by atoms with Crippen LogP contribution in [0.5, 0.6) is 5.75 Å². The Balaban J connectivity index is 0.00000169. The molecule has 14 heavy (non-hydrogen) atoms. The maximum Gasteiger partial charge on any atom is 0.165 e. The monoisotopic (exact) mass is 221 g/mol. The van der Waals surface area contributed by atoms with Gasteiger partial charge in [-0.25, -0.2) is 4.39 Å². The zero-order valence-corrected chi connectivity index (χ0v) is 8.55. The third kappa shape index (κ3) is 2.83. The molecule has 0 aliphatic carbocycles. The van der Waals surface area contributed by atoms with Gasteiger partial charge in [0.15, 0.2) is 11.6 Å². The van der Waals surface area contributed by atoms with Gasteiger partial charge in [0.1, 0.15) is 0 Å². The third-order valence-corrected chi connectivity index (χ3v) is 1.80. The second-order valence-electron chi connectivity index (χ2n) is 2.68. The van der Waals surface area contributed by atoms with Crippen LogP contribution in [0.15, 0.2) is 18.2 Å². The average molecular weight is 222 g/mol. The molecule has 1 aromatic rings. The summed E-state index contributed by atoms with van der Waals surface area (Å²) >= 11 is 0. The topological polar surface area (TPSA) is 55.5 Å². The molecule has 0 amide bonds. The lowest BCUT2D eigenvalue weighted by Gasteiger charge is -2.09. The maximum absolute atomic E-state index is 13.1. The largest absolute Gasteiger partial charge is 0.494 e. The highest BCUT2D eigenvalue weighted by Gasteiger charge is 2.08. The Labute approximate surface area is 88.1 Å². The van der Waals surface area contributed by atoms with Gasteiger partial charge >= 0.3 is 0 Å². The van der Waals surface area contributed by atoms with E-state index in [9.17, 15) is 4.39 Å². The van der Waals surface area contributed by atoms with Crippen molar-refractivity contribution in [2.45, 2.75) is 6.04 Å². The molecule has 0 aromatic heterocycles. The number of nitrogens with two attached hydrogens (primary N) is 1. The fourth-order valence-corrected chi connectivity index (χ4v) is 1.02. The van der Waals surface area contributed by atoms with Crippen LogP contribution < -0.4 is 10.5 Å². The predicted octanol–water partition coefficient (Wildman–Crippen LogP) is 1.25. The molecule has 0 heterocycles. The van der Waals surface area contributed by atoms with Crippen molar-refractivity contribution in [2.24, 2.45) is 5.73 Å². The number of methoxy groups -OCH3 is 1. The van der Waals surface area contributed by atoms with Gasteiger partial charge in [0.05, 0.1) is 19.8 Å². The summed E-state index contributed by atoms with van der Waals surface area (Å²) < 4.78 is 17.8. The van der Waals surface area contributed by atoms with E-state index in [2.05, 4.69) is 0 Å². The van der Waals surface area contributed by atoms with Crippen molar-refractivity contribution < 1.29 is 14.2 Å². The van der Waals surface area contributed by atoms with Gasteiger partial charge in [0.2, 0.25) is 0 Å². The lowest BCUT2D eigenvalue weighted by Crippen LogP contribution is -2.14. The van der Waals surface area contributed by atoms with Crippen molar-refractivity contribution in [3.63, 3.8) is 0 Å². The Morgan fingerprint density at radius 3 is 2.64 bits per heavy atom. The van der Waals surface area contributed by atoms with Crippen LogP contribution >= 0.6 is 12.4 Å². The zero-order valence-electron chi connectivity index (χ0n) is 7.74. The molecule has 3 nitrogen and oxygen atoms in total. The minimum absolute atomic E-state index is 0. The lowest BCUT2D eigenvalue weighted by atomic mass is 10.1. The molecule has 0 radical (unpaired) electrons. The fraction of sp³-hybridized carbons (Fsp3) is 0.333. The summed E-state index contributed by atoms with van der Waals surface area (Å²) in [6.45, 7) is -0.203. The number of hydrogen-bond donors (Lipinski definition) is 2. The van der Waals surface area contributed by atoms with Crippen molar-refractivity contribution in [3.8, 4) is 5.75 Å². The molecule has 0 aliphatic rings. The Hall–Kier alpha value is -0.840. The number of halogens is 2. The molecule has 0 bridgehead atoms. The molecule has 80 valence electrons. The Kier molecular flexibility index (Phi) is 5.45. The molecule has 5 heteroatoms. The lowest BCUT2D eigenvalue weighted by molar-refractivity contribution is 0.267. The molecule has 3 N–H and O–H groups in total. The van der Waals surface area contributed by atoms with Crippen molar-refractivity contribution in [2.75, 3.05) is 13.7 Å². The fourth-order valence-electron chi connectivity index (χ4n) is 1.02. The van der Waals surface area contributed by atoms with Gasteiger partial charge in [0.25, 0.3) is 0 Å². The smallest absolute Gasteiger partial charge is 0.165 e. The van der Waals surface area contributed by atoms with Crippen LogP contribution in [-0.2, 0) is 0 Å². The Bertz CT molecular complexity index is 296. The summed E-state index contributed by atoms with van der Waals surface area (Å²) in [5.74, 6) is -0.294. The van der Waals surface area contributed by atoms with Gasteiger partial charge in [-0.2, -0.15) is 0 Å². The van der Waals surface area contributed by atoms with Crippen LogP contribution in [0.25, 0.3) is 0 Å². The Morgan fingerprint density at radius 2 is 2.21 bits per heavy atom. The molecule has 0 spiro atoms. The first-order chi connectivity index (χ1) is 6.19. The first kappa shape index (κ1) is 13.2. The molecule has 0 saturated carbocycles. The normalized spacial score (nSPS) is 11.7.